The number of aliphatic carboxylic acids is 1. The highest BCUT2D eigenvalue weighted by Gasteiger charge is 2.25. The van der Waals surface area contributed by atoms with E-state index in [1.807, 2.05) is 34.9 Å². The smallest absolute Gasteiger partial charge is 0.313 e. The van der Waals surface area contributed by atoms with Gasteiger partial charge < -0.3 is 9.84 Å². The molecule has 1 unspecified atom stereocenters. The van der Waals surface area contributed by atoms with E-state index in [0.29, 0.717) is 18.4 Å². The minimum atomic E-state index is -0.863. The van der Waals surface area contributed by atoms with Crippen LogP contribution in [0.25, 0.3) is 11.4 Å². The van der Waals surface area contributed by atoms with Crippen molar-refractivity contribution in [1.29, 1.82) is 0 Å². The molecule has 0 bridgehead atoms. The van der Waals surface area contributed by atoms with Gasteiger partial charge in [-0.15, -0.1) is 10.2 Å². The molecule has 0 amide bonds. The maximum Gasteiger partial charge on any atom is 0.313 e. The lowest BCUT2D eigenvalue weighted by Crippen LogP contribution is -2.12. The molecule has 0 radical (unpaired) electrons. The van der Waals surface area contributed by atoms with Crippen molar-refractivity contribution in [3.63, 3.8) is 0 Å². The largest absolute Gasteiger partial charge is 0.481 e. The molecule has 0 saturated carbocycles. The van der Waals surface area contributed by atoms with Gasteiger partial charge in [-0.05, 0) is 6.42 Å². The van der Waals surface area contributed by atoms with Crippen molar-refractivity contribution in [2.45, 2.75) is 17.6 Å². The molecule has 1 aliphatic heterocycles. The minimum absolute atomic E-state index is 0.0273. The van der Waals surface area contributed by atoms with Gasteiger partial charge in [0, 0.05) is 12.2 Å². The zero-order valence-corrected chi connectivity index (χ0v) is 12.1. The lowest BCUT2D eigenvalue weighted by Gasteiger charge is -2.15. The van der Waals surface area contributed by atoms with Crippen LogP contribution < -0.4 is 0 Å². The maximum absolute atomic E-state index is 10.8. The Labute approximate surface area is 126 Å². The van der Waals surface area contributed by atoms with E-state index in [2.05, 4.69) is 10.2 Å². The van der Waals surface area contributed by atoms with Crippen molar-refractivity contribution in [2.75, 3.05) is 19.0 Å². The van der Waals surface area contributed by atoms with Gasteiger partial charge in [0.15, 0.2) is 11.0 Å². The van der Waals surface area contributed by atoms with Crippen LogP contribution in [0.3, 0.4) is 0 Å². The topological polar surface area (TPSA) is 77.2 Å². The van der Waals surface area contributed by atoms with Crippen molar-refractivity contribution in [1.82, 2.24) is 14.8 Å². The van der Waals surface area contributed by atoms with Gasteiger partial charge in [-0.2, -0.15) is 0 Å². The molecule has 0 spiro atoms. The molecule has 0 aliphatic carbocycles. The molecule has 2 heterocycles. The summed E-state index contributed by atoms with van der Waals surface area (Å²) in [5.41, 5.74) is 0.971. The summed E-state index contributed by atoms with van der Waals surface area (Å²) in [6.45, 7) is 1.32. The number of aromatic nitrogens is 3. The summed E-state index contributed by atoms with van der Waals surface area (Å²) >= 11 is 1.19. The highest BCUT2D eigenvalue weighted by Crippen LogP contribution is 2.31. The van der Waals surface area contributed by atoms with Crippen LogP contribution in [-0.4, -0.2) is 44.8 Å². The van der Waals surface area contributed by atoms with Gasteiger partial charge in [-0.3, -0.25) is 9.36 Å². The molecule has 1 aromatic heterocycles. The molecular weight excluding hydrogens is 290 g/mol. The maximum atomic E-state index is 10.8. The Kier molecular flexibility index (Phi) is 4.21. The summed E-state index contributed by atoms with van der Waals surface area (Å²) in [5, 5.41) is 17.9. The number of carboxylic acids is 1. The molecule has 1 aliphatic rings. The normalized spacial score (nSPS) is 18.0. The Morgan fingerprint density at radius 2 is 2.19 bits per heavy atom. The highest BCUT2D eigenvalue weighted by atomic mass is 32.2. The third kappa shape index (κ3) is 3.08. The fraction of sp³-hybridized carbons (Fsp3) is 0.357. The number of hydrogen-bond donors (Lipinski definition) is 1. The van der Waals surface area contributed by atoms with E-state index in [9.17, 15) is 4.79 Å². The minimum Gasteiger partial charge on any atom is -0.481 e. The molecule has 1 atom stereocenters. The molecule has 1 saturated heterocycles. The Morgan fingerprint density at radius 3 is 2.86 bits per heavy atom. The van der Waals surface area contributed by atoms with Crippen LogP contribution in [0.4, 0.5) is 0 Å². The first-order valence-electron chi connectivity index (χ1n) is 6.68. The zero-order valence-electron chi connectivity index (χ0n) is 11.3. The third-order valence-corrected chi connectivity index (χ3v) is 4.22. The fourth-order valence-corrected chi connectivity index (χ4v) is 3.07. The lowest BCUT2D eigenvalue weighted by atomic mass is 10.2. The van der Waals surface area contributed by atoms with Gasteiger partial charge in [0.05, 0.1) is 18.4 Å². The molecule has 7 heteroatoms. The summed E-state index contributed by atoms with van der Waals surface area (Å²) in [6.07, 6.45) is 0.887. The number of ether oxygens (including phenoxy) is 1. The quantitative estimate of drug-likeness (QED) is 0.852. The van der Waals surface area contributed by atoms with Crippen LogP contribution in [0.1, 0.15) is 12.5 Å². The Hall–Kier alpha value is -1.86. The Bertz CT molecular complexity index is 624. The Morgan fingerprint density at radius 1 is 1.38 bits per heavy atom. The number of carbonyl (C=O) groups is 1. The number of hydrogen-bond acceptors (Lipinski definition) is 5. The third-order valence-electron chi connectivity index (χ3n) is 3.29. The van der Waals surface area contributed by atoms with Gasteiger partial charge >= 0.3 is 5.97 Å². The first-order valence-corrected chi connectivity index (χ1v) is 7.67. The van der Waals surface area contributed by atoms with Crippen LogP contribution in [0.15, 0.2) is 35.5 Å². The van der Waals surface area contributed by atoms with Gasteiger partial charge in [-0.1, -0.05) is 42.1 Å². The van der Waals surface area contributed by atoms with Gasteiger partial charge in [-0.25, -0.2) is 0 Å². The van der Waals surface area contributed by atoms with E-state index >= 15 is 0 Å². The second-order valence-corrected chi connectivity index (χ2v) is 5.68. The van der Waals surface area contributed by atoms with E-state index in [1.165, 1.54) is 11.8 Å². The fourth-order valence-electron chi connectivity index (χ4n) is 2.34. The van der Waals surface area contributed by atoms with Crippen LogP contribution >= 0.6 is 11.8 Å². The second kappa shape index (κ2) is 6.28. The average molecular weight is 305 g/mol. The van der Waals surface area contributed by atoms with Crippen molar-refractivity contribution in [3.8, 4) is 11.4 Å². The molecular formula is C14H15N3O3S. The monoisotopic (exact) mass is 305 g/mol. The van der Waals surface area contributed by atoms with Crippen LogP contribution in [-0.2, 0) is 9.53 Å². The summed E-state index contributed by atoms with van der Waals surface area (Å²) in [4.78, 5) is 10.8. The summed E-state index contributed by atoms with van der Waals surface area (Å²) in [6, 6.07) is 9.95. The summed E-state index contributed by atoms with van der Waals surface area (Å²) in [5.74, 6) is -0.127. The van der Waals surface area contributed by atoms with Crippen molar-refractivity contribution in [2.24, 2.45) is 0 Å². The predicted octanol–water partition coefficient (Wildman–Crippen LogP) is 2.08. The summed E-state index contributed by atoms with van der Waals surface area (Å²) in [7, 11) is 0. The van der Waals surface area contributed by atoms with E-state index < -0.39 is 5.97 Å². The average Bonchev–Trinajstić information content (AvgIpc) is 3.15. The first kappa shape index (κ1) is 14.1. The lowest BCUT2D eigenvalue weighted by molar-refractivity contribution is -0.133. The molecule has 1 aromatic carbocycles. The van der Waals surface area contributed by atoms with Crippen molar-refractivity contribution in [3.05, 3.63) is 30.3 Å². The number of rotatable bonds is 5. The van der Waals surface area contributed by atoms with Gasteiger partial charge in [0.25, 0.3) is 0 Å². The van der Waals surface area contributed by atoms with E-state index in [0.717, 1.165) is 17.8 Å². The predicted molar refractivity (Wildman–Crippen MR) is 78.3 cm³/mol. The Balaban J connectivity index is 1.97. The number of benzene rings is 1. The molecule has 3 rings (SSSR count). The van der Waals surface area contributed by atoms with Crippen molar-refractivity contribution >= 4 is 17.7 Å². The first-order chi connectivity index (χ1) is 10.3. The van der Waals surface area contributed by atoms with Crippen LogP contribution in [0.5, 0.6) is 0 Å². The van der Waals surface area contributed by atoms with Crippen LogP contribution in [0.2, 0.25) is 0 Å². The standard InChI is InChI=1S/C14H15N3O3S/c18-12(19)9-21-14-16-15-13(10-4-2-1-3-5-10)17(14)11-6-7-20-8-11/h1-5,11H,6-9H2,(H,18,19). The molecule has 1 fully saturated rings. The molecule has 21 heavy (non-hydrogen) atoms. The van der Waals surface area contributed by atoms with E-state index in [-0.39, 0.29) is 11.8 Å². The van der Waals surface area contributed by atoms with E-state index in [1.54, 1.807) is 0 Å². The molecule has 1 N–H and O–H groups in total. The molecule has 2 aromatic rings. The van der Waals surface area contributed by atoms with Crippen LogP contribution in [0, 0.1) is 0 Å². The SMILES string of the molecule is O=C(O)CSc1nnc(-c2ccccc2)n1C1CCOC1. The second-order valence-electron chi connectivity index (χ2n) is 4.74. The number of carboxylic acid groups (broad SMARTS) is 1. The van der Waals surface area contributed by atoms with E-state index in [4.69, 9.17) is 9.84 Å². The van der Waals surface area contributed by atoms with Gasteiger partial charge in [0.2, 0.25) is 0 Å². The summed E-state index contributed by atoms with van der Waals surface area (Å²) < 4.78 is 7.46. The zero-order chi connectivity index (χ0) is 14.7. The van der Waals surface area contributed by atoms with Gasteiger partial charge in [0.1, 0.15) is 0 Å². The molecule has 6 nitrogen and oxygen atoms in total. The number of nitrogens with zero attached hydrogens (tertiary/aromatic N) is 3. The highest BCUT2D eigenvalue weighted by molar-refractivity contribution is 7.99. The molecule has 110 valence electrons. The number of thioether (sulfide) groups is 1. The van der Waals surface area contributed by atoms with Crippen molar-refractivity contribution < 1.29 is 14.6 Å².